The molecule has 5 nitrogen and oxygen atoms in total. The summed E-state index contributed by atoms with van der Waals surface area (Å²) in [5.41, 5.74) is 1.04. The van der Waals surface area contributed by atoms with Crippen molar-refractivity contribution in [2.24, 2.45) is 0 Å². The summed E-state index contributed by atoms with van der Waals surface area (Å²) in [4.78, 5) is 25.6. The van der Waals surface area contributed by atoms with Crippen LogP contribution in [0.4, 0.5) is 11.4 Å². The number of ether oxygens (including phenoxy) is 1. The number of amides is 2. The Bertz CT molecular complexity index is 792. The standard InChI is InChI=1S/C19H20Cl2N2O3/c1-12(2)26-16-7-5-15(6-8-16)22-19(25)11-23(13(3)24)18-9-4-14(20)10-17(18)21/h4-10,12H,11H2,1-3H3,(H,22,25). The summed E-state index contributed by atoms with van der Waals surface area (Å²) in [6.45, 7) is 5.08. The topological polar surface area (TPSA) is 58.6 Å². The summed E-state index contributed by atoms with van der Waals surface area (Å²) in [5.74, 6) is 0.0742. The Kier molecular flexibility index (Phi) is 6.89. The van der Waals surface area contributed by atoms with E-state index in [1.54, 1.807) is 36.4 Å². The van der Waals surface area contributed by atoms with Crippen molar-refractivity contribution in [1.29, 1.82) is 0 Å². The lowest BCUT2D eigenvalue weighted by Crippen LogP contribution is -2.36. The fourth-order valence-electron chi connectivity index (χ4n) is 2.30. The maximum atomic E-state index is 12.3. The Morgan fingerprint density at radius 3 is 2.31 bits per heavy atom. The molecule has 0 aliphatic rings. The zero-order valence-corrected chi connectivity index (χ0v) is 16.3. The molecule has 7 heteroatoms. The zero-order valence-electron chi connectivity index (χ0n) is 14.8. The van der Waals surface area contributed by atoms with Crippen molar-refractivity contribution in [3.63, 3.8) is 0 Å². The molecule has 0 fully saturated rings. The van der Waals surface area contributed by atoms with Crippen molar-refractivity contribution in [1.82, 2.24) is 0 Å². The molecule has 0 aromatic heterocycles. The third-order valence-electron chi connectivity index (χ3n) is 3.39. The Morgan fingerprint density at radius 1 is 1.12 bits per heavy atom. The second-order valence-corrected chi connectivity index (χ2v) is 6.78. The maximum absolute atomic E-state index is 12.3. The van der Waals surface area contributed by atoms with Gasteiger partial charge in [0.1, 0.15) is 12.3 Å². The molecule has 2 aromatic carbocycles. The van der Waals surface area contributed by atoms with Gasteiger partial charge in [0.25, 0.3) is 0 Å². The third-order valence-corrected chi connectivity index (χ3v) is 3.93. The molecule has 0 aliphatic carbocycles. The number of hydrogen-bond acceptors (Lipinski definition) is 3. The predicted molar refractivity (Wildman–Crippen MR) is 105 cm³/mol. The fraction of sp³-hybridized carbons (Fsp3) is 0.263. The quantitative estimate of drug-likeness (QED) is 0.767. The highest BCUT2D eigenvalue weighted by Crippen LogP contribution is 2.29. The average molecular weight is 395 g/mol. The Hall–Kier alpha value is -2.24. The first-order valence-electron chi connectivity index (χ1n) is 8.06. The van der Waals surface area contributed by atoms with Crippen LogP contribution >= 0.6 is 23.2 Å². The molecular formula is C19H20Cl2N2O3. The van der Waals surface area contributed by atoms with Gasteiger partial charge in [-0.25, -0.2) is 0 Å². The maximum Gasteiger partial charge on any atom is 0.244 e. The van der Waals surface area contributed by atoms with Crippen molar-refractivity contribution in [2.45, 2.75) is 26.9 Å². The number of carbonyl (C=O) groups is 2. The van der Waals surface area contributed by atoms with Crippen molar-refractivity contribution in [3.05, 3.63) is 52.5 Å². The van der Waals surface area contributed by atoms with Gasteiger partial charge in [0.2, 0.25) is 11.8 Å². The Balaban J connectivity index is 2.07. The predicted octanol–water partition coefficient (Wildman–Crippen LogP) is 4.77. The molecular weight excluding hydrogens is 375 g/mol. The van der Waals surface area contributed by atoms with Crippen LogP contribution in [0.15, 0.2) is 42.5 Å². The van der Waals surface area contributed by atoms with Crippen LogP contribution in [0.3, 0.4) is 0 Å². The minimum absolute atomic E-state index is 0.0729. The van der Waals surface area contributed by atoms with Crippen molar-refractivity contribution in [3.8, 4) is 5.75 Å². The van der Waals surface area contributed by atoms with E-state index < -0.39 is 0 Å². The number of hydrogen-bond donors (Lipinski definition) is 1. The van der Waals surface area contributed by atoms with Gasteiger partial charge in [0.15, 0.2) is 0 Å². The average Bonchev–Trinajstić information content (AvgIpc) is 2.54. The van der Waals surface area contributed by atoms with E-state index in [2.05, 4.69) is 5.32 Å². The van der Waals surface area contributed by atoms with Gasteiger partial charge in [-0.2, -0.15) is 0 Å². The lowest BCUT2D eigenvalue weighted by Gasteiger charge is -2.22. The number of halogens is 2. The van der Waals surface area contributed by atoms with Gasteiger partial charge in [0, 0.05) is 17.6 Å². The van der Waals surface area contributed by atoms with Crippen molar-refractivity contribution in [2.75, 3.05) is 16.8 Å². The first-order chi connectivity index (χ1) is 12.3. The minimum atomic E-state index is -0.344. The van der Waals surface area contributed by atoms with Crippen LogP contribution < -0.4 is 15.0 Å². The summed E-state index contributed by atoms with van der Waals surface area (Å²) >= 11 is 12.0. The number of carbonyl (C=O) groups excluding carboxylic acids is 2. The van der Waals surface area contributed by atoms with E-state index in [0.717, 1.165) is 5.75 Å². The molecule has 1 N–H and O–H groups in total. The molecule has 0 saturated heterocycles. The zero-order chi connectivity index (χ0) is 19.3. The van der Waals surface area contributed by atoms with Crippen LogP contribution in [0.5, 0.6) is 5.75 Å². The van der Waals surface area contributed by atoms with E-state index in [1.165, 1.54) is 17.9 Å². The number of nitrogens with zero attached hydrogens (tertiary/aromatic N) is 1. The molecule has 26 heavy (non-hydrogen) atoms. The largest absolute Gasteiger partial charge is 0.491 e. The van der Waals surface area contributed by atoms with Gasteiger partial charge in [-0.1, -0.05) is 23.2 Å². The lowest BCUT2D eigenvalue weighted by atomic mass is 10.2. The van der Waals surface area contributed by atoms with Crippen LogP contribution in [-0.2, 0) is 9.59 Å². The smallest absolute Gasteiger partial charge is 0.244 e. The highest BCUT2D eigenvalue weighted by molar-refractivity contribution is 6.36. The van der Waals surface area contributed by atoms with E-state index in [9.17, 15) is 9.59 Å². The van der Waals surface area contributed by atoms with Crippen LogP contribution in [0.1, 0.15) is 20.8 Å². The van der Waals surface area contributed by atoms with Crippen LogP contribution in [0.2, 0.25) is 10.0 Å². The molecule has 0 saturated carbocycles. The Labute approximate surface area is 162 Å². The summed E-state index contributed by atoms with van der Waals surface area (Å²) in [6, 6.07) is 11.8. The SMILES string of the molecule is CC(=O)N(CC(=O)Nc1ccc(OC(C)C)cc1)c1ccc(Cl)cc1Cl. The van der Waals surface area contributed by atoms with E-state index >= 15 is 0 Å². The number of benzene rings is 2. The van der Waals surface area contributed by atoms with Crippen LogP contribution in [-0.4, -0.2) is 24.5 Å². The minimum Gasteiger partial charge on any atom is -0.491 e. The highest BCUT2D eigenvalue weighted by atomic mass is 35.5. The normalized spacial score (nSPS) is 10.5. The molecule has 0 atom stereocenters. The summed E-state index contributed by atoms with van der Waals surface area (Å²) in [7, 11) is 0. The van der Waals surface area contributed by atoms with Gasteiger partial charge in [-0.15, -0.1) is 0 Å². The van der Waals surface area contributed by atoms with Crippen LogP contribution in [0.25, 0.3) is 0 Å². The van der Waals surface area contributed by atoms with E-state index in [0.29, 0.717) is 21.4 Å². The van der Waals surface area contributed by atoms with Gasteiger partial charge in [-0.3, -0.25) is 9.59 Å². The fourth-order valence-corrected chi connectivity index (χ4v) is 2.81. The monoisotopic (exact) mass is 394 g/mol. The molecule has 2 rings (SSSR count). The summed E-state index contributed by atoms with van der Waals surface area (Å²) in [5, 5.41) is 3.51. The first-order valence-corrected chi connectivity index (χ1v) is 8.81. The second kappa shape index (κ2) is 8.92. The number of rotatable bonds is 6. The molecule has 138 valence electrons. The third kappa shape index (κ3) is 5.64. The van der Waals surface area contributed by atoms with Gasteiger partial charge in [-0.05, 0) is 56.3 Å². The number of anilines is 2. The highest BCUT2D eigenvalue weighted by Gasteiger charge is 2.18. The molecule has 0 heterocycles. The molecule has 0 unspecified atom stereocenters. The first kappa shape index (κ1) is 20.1. The van der Waals surface area contributed by atoms with Crippen LogP contribution in [0, 0.1) is 0 Å². The molecule has 2 amide bonds. The lowest BCUT2D eigenvalue weighted by molar-refractivity contribution is -0.120. The van der Waals surface area contributed by atoms with Crippen molar-refractivity contribution >= 4 is 46.4 Å². The number of nitrogens with one attached hydrogen (secondary N) is 1. The molecule has 0 radical (unpaired) electrons. The van der Waals surface area contributed by atoms with E-state index in [1.807, 2.05) is 13.8 Å². The van der Waals surface area contributed by atoms with E-state index in [4.69, 9.17) is 27.9 Å². The summed E-state index contributed by atoms with van der Waals surface area (Å²) < 4.78 is 5.56. The molecule has 2 aromatic rings. The summed E-state index contributed by atoms with van der Waals surface area (Å²) in [6.07, 6.45) is 0.0729. The van der Waals surface area contributed by atoms with Gasteiger partial charge >= 0.3 is 0 Å². The molecule has 0 spiro atoms. The Morgan fingerprint density at radius 2 is 1.77 bits per heavy atom. The van der Waals surface area contributed by atoms with Gasteiger partial charge in [0.05, 0.1) is 16.8 Å². The van der Waals surface area contributed by atoms with Gasteiger partial charge < -0.3 is 15.0 Å². The van der Waals surface area contributed by atoms with Crippen molar-refractivity contribution < 1.29 is 14.3 Å². The van der Waals surface area contributed by atoms with E-state index in [-0.39, 0.29) is 24.5 Å². The second-order valence-electron chi connectivity index (χ2n) is 5.94. The molecule has 0 bridgehead atoms. The molecule has 0 aliphatic heterocycles.